The van der Waals surface area contributed by atoms with Gasteiger partial charge >= 0.3 is 0 Å². The highest BCUT2D eigenvalue weighted by Crippen LogP contribution is 2.32. The fourth-order valence-corrected chi connectivity index (χ4v) is 3.39. The van der Waals surface area contributed by atoms with Crippen molar-refractivity contribution in [1.29, 1.82) is 0 Å². The number of hydrogen-bond donors (Lipinski definition) is 0. The summed E-state index contributed by atoms with van der Waals surface area (Å²) in [6.07, 6.45) is 4.70. The minimum absolute atomic E-state index is 0.0944. The summed E-state index contributed by atoms with van der Waals surface area (Å²) in [7, 11) is -3.13. The van der Waals surface area contributed by atoms with E-state index < -0.39 is 10.0 Å². The Morgan fingerprint density at radius 3 is 2.81 bits per heavy atom. The van der Waals surface area contributed by atoms with Crippen LogP contribution in [-0.4, -0.2) is 30.5 Å². The lowest BCUT2D eigenvalue weighted by atomic mass is 10.1. The van der Waals surface area contributed by atoms with Gasteiger partial charge in [0.05, 0.1) is 18.0 Å². The van der Waals surface area contributed by atoms with E-state index in [-0.39, 0.29) is 6.04 Å². The van der Waals surface area contributed by atoms with Gasteiger partial charge in [0.25, 0.3) is 0 Å². The Morgan fingerprint density at radius 1 is 1.50 bits per heavy atom. The summed E-state index contributed by atoms with van der Waals surface area (Å²) in [5.74, 6) is 0. The van der Waals surface area contributed by atoms with Gasteiger partial charge < -0.3 is 0 Å². The molecule has 16 heavy (non-hydrogen) atoms. The third-order valence-corrected chi connectivity index (χ3v) is 4.48. The minimum atomic E-state index is -3.13. The molecule has 1 aromatic heterocycles. The molecule has 1 aliphatic rings. The van der Waals surface area contributed by atoms with E-state index in [9.17, 15) is 8.42 Å². The second-order valence-corrected chi connectivity index (χ2v) is 6.78. The topological polar surface area (TPSA) is 50.3 Å². The highest BCUT2D eigenvalue weighted by atomic mass is 79.9. The van der Waals surface area contributed by atoms with E-state index in [1.807, 2.05) is 12.1 Å². The van der Waals surface area contributed by atoms with Crippen LogP contribution in [0.4, 0.5) is 0 Å². The summed E-state index contributed by atoms with van der Waals surface area (Å²) in [4.78, 5) is 4.27. The van der Waals surface area contributed by atoms with Crippen molar-refractivity contribution in [2.24, 2.45) is 0 Å². The van der Waals surface area contributed by atoms with Crippen molar-refractivity contribution in [3.63, 3.8) is 0 Å². The lowest BCUT2D eigenvalue weighted by Gasteiger charge is -2.21. The van der Waals surface area contributed by atoms with Crippen molar-refractivity contribution >= 4 is 26.0 Å². The number of pyridine rings is 1. The summed E-state index contributed by atoms with van der Waals surface area (Å²) in [6.45, 7) is 0.598. The number of nitrogens with zero attached hydrogens (tertiary/aromatic N) is 2. The van der Waals surface area contributed by atoms with Crippen LogP contribution in [0.3, 0.4) is 0 Å². The molecule has 0 amide bonds. The molecule has 1 atom stereocenters. The molecule has 6 heteroatoms. The predicted octanol–water partition coefficient (Wildman–Crippen LogP) is 1.94. The first-order valence-corrected chi connectivity index (χ1v) is 7.71. The maximum Gasteiger partial charge on any atom is 0.211 e. The number of sulfonamides is 1. The summed E-state index contributed by atoms with van der Waals surface area (Å²) < 4.78 is 25.6. The molecule has 0 spiro atoms. The molecule has 1 aliphatic heterocycles. The van der Waals surface area contributed by atoms with E-state index in [1.54, 1.807) is 6.20 Å². The molecule has 0 radical (unpaired) electrons. The van der Waals surface area contributed by atoms with E-state index in [2.05, 4.69) is 20.9 Å². The molecular weight excluding hydrogens is 292 g/mol. The molecule has 2 heterocycles. The smallest absolute Gasteiger partial charge is 0.211 e. The van der Waals surface area contributed by atoms with E-state index in [0.717, 1.165) is 23.0 Å². The standard InChI is InChI=1S/C10H13BrN2O2S/c1-16(14,15)13-6-2-3-10(13)9-5-4-8(11)7-12-9/h4-5,7,10H,2-3,6H2,1H3. The number of aromatic nitrogens is 1. The van der Waals surface area contributed by atoms with E-state index >= 15 is 0 Å². The molecule has 0 bridgehead atoms. The maximum absolute atomic E-state index is 11.6. The van der Waals surface area contributed by atoms with Crippen molar-refractivity contribution in [2.75, 3.05) is 12.8 Å². The molecule has 1 aromatic rings. The first-order chi connectivity index (χ1) is 7.48. The monoisotopic (exact) mass is 304 g/mol. The maximum atomic E-state index is 11.6. The van der Waals surface area contributed by atoms with Crippen LogP contribution in [0.5, 0.6) is 0 Å². The third kappa shape index (κ3) is 2.44. The van der Waals surface area contributed by atoms with Crippen LogP contribution in [0, 0.1) is 0 Å². The Balaban J connectivity index is 2.30. The SMILES string of the molecule is CS(=O)(=O)N1CCCC1c1ccc(Br)cn1. The van der Waals surface area contributed by atoms with Crippen LogP contribution in [0.25, 0.3) is 0 Å². The Morgan fingerprint density at radius 2 is 2.25 bits per heavy atom. The van der Waals surface area contributed by atoms with Gasteiger partial charge in [-0.1, -0.05) is 0 Å². The van der Waals surface area contributed by atoms with Gasteiger partial charge in [0, 0.05) is 17.2 Å². The fraction of sp³-hybridized carbons (Fsp3) is 0.500. The number of hydrogen-bond acceptors (Lipinski definition) is 3. The average molecular weight is 305 g/mol. The van der Waals surface area contributed by atoms with Crippen LogP contribution >= 0.6 is 15.9 Å². The van der Waals surface area contributed by atoms with Crippen LogP contribution < -0.4 is 0 Å². The molecule has 0 aliphatic carbocycles. The second-order valence-electron chi connectivity index (χ2n) is 3.93. The number of rotatable bonds is 2. The highest BCUT2D eigenvalue weighted by molar-refractivity contribution is 9.10. The molecule has 1 fully saturated rings. The van der Waals surface area contributed by atoms with Crippen molar-refractivity contribution in [3.05, 3.63) is 28.5 Å². The molecule has 0 N–H and O–H groups in total. The highest BCUT2D eigenvalue weighted by Gasteiger charge is 2.33. The van der Waals surface area contributed by atoms with Crippen LogP contribution in [0.1, 0.15) is 24.6 Å². The van der Waals surface area contributed by atoms with Gasteiger partial charge in [0.2, 0.25) is 10.0 Å². The lowest BCUT2D eigenvalue weighted by Crippen LogP contribution is -2.29. The first-order valence-electron chi connectivity index (χ1n) is 5.07. The van der Waals surface area contributed by atoms with E-state index in [4.69, 9.17) is 0 Å². The van der Waals surface area contributed by atoms with Crippen LogP contribution in [-0.2, 0) is 10.0 Å². The Kier molecular flexibility index (Phi) is 3.32. The van der Waals surface area contributed by atoms with Crippen molar-refractivity contribution in [1.82, 2.24) is 9.29 Å². The van der Waals surface area contributed by atoms with Crippen molar-refractivity contribution in [2.45, 2.75) is 18.9 Å². The molecular formula is C10H13BrN2O2S. The van der Waals surface area contributed by atoms with E-state index in [1.165, 1.54) is 10.6 Å². The van der Waals surface area contributed by atoms with Crippen LogP contribution in [0.15, 0.2) is 22.8 Å². The Hall–Kier alpha value is -0.460. The summed E-state index contributed by atoms with van der Waals surface area (Å²) in [5.41, 5.74) is 0.825. The zero-order chi connectivity index (χ0) is 11.8. The third-order valence-electron chi connectivity index (χ3n) is 2.72. The average Bonchev–Trinajstić information content (AvgIpc) is 2.66. The van der Waals surface area contributed by atoms with Gasteiger partial charge in [-0.15, -0.1) is 0 Å². The van der Waals surface area contributed by atoms with Gasteiger partial charge in [-0.25, -0.2) is 8.42 Å². The second kappa shape index (κ2) is 4.43. The van der Waals surface area contributed by atoms with Crippen molar-refractivity contribution < 1.29 is 8.42 Å². The lowest BCUT2D eigenvalue weighted by molar-refractivity contribution is 0.394. The van der Waals surface area contributed by atoms with Gasteiger partial charge in [-0.3, -0.25) is 4.98 Å². The number of halogens is 1. The molecule has 0 aromatic carbocycles. The van der Waals surface area contributed by atoms with Crippen LogP contribution in [0.2, 0.25) is 0 Å². The zero-order valence-electron chi connectivity index (χ0n) is 8.93. The first kappa shape index (κ1) is 12.0. The molecule has 2 rings (SSSR count). The zero-order valence-corrected chi connectivity index (χ0v) is 11.3. The largest absolute Gasteiger partial charge is 0.258 e. The normalized spacial score (nSPS) is 22.5. The predicted molar refractivity (Wildman–Crippen MR) is 65.5 cm³/mol. The Labute approximate surface area is 104 Å². The summed E-state index contributed by atoms with van der Waals surface area (Å²) >= 11 is 3.31. The van der Waals surface area contributed by atoms with Gasteiger partial charge in [-0.2, -0.15) is 4.31 Å². The summed E-state index contributed by atoms with van der Waals surface area (Å²) in [5, 5.41) is 0. The molecule has 0 saturated carbocycles. The molecule has 1 unspecified atom stereocenters. The Bertz CT molecular complexity index is 472. The van der Waals surface area contributed by atoms with Gasteiger partial charge in [0.1, 0.15) is 0 Å². The minimum Gasteiger partial charge on any atom is -0.258 e. The quantitative estimate of drug-likeness (QED) is 0.839. The molecule has 1 saturated heterocycles. The van der Waals surface area contributed by atoms with Crippen molar-refractivity contribution in [3.8, 4) is 0 Å². The fourth-order valence-electron chi connectivity index (χ4n) is 2.02. The van der Waals surface area contributed by atoms with E-state index in [0.29, 0.717) is 6.54 Å². The van der Waals surface area contributed by atoms with Gasteiger partial charge in [-0.05, 0) is 40.9 Å². The molecule has 4 nitrogen and oxygen atoms in total. The summed E-state index contributed by atoms with van der Waals surface area (Å²) in [6, 6.07) is 3.67. The van der Waals surface area contributed by atoms with Gasteiger partial charge in [0.15, 0.2) is 0 Å². The molecule has 88 valence electrons.